The summed E-state index contributed by atoms with van der Waals surface area (Å²) in [4.78, 5) is 3.47. The lowest BCUT2D eigenvalue weighted by molar-refractivity contribution is -1.02. The molecule has 3 atom stereocenters. The fraction of sp³-hybridized carbons (Fsp3) is 0.636. The van der Waals surface area contributed by atoms with Gasteiger partial charge in [-0.05, 0) is 36.8 Å². The van der Waals surface area contributed by atoms with Crippen LogP contribution in [0.15, 0.2) is 24.3 Å². The third-order valence-corrected chi connectivity index (χ3v) is 6.81. The van der Waals surface area contributed by atoms with Crippen LogP contribution in [0.4, 0.5) is 0 Å². The third-order valence-electron chi connectivity index (χ3n) is 6.81. The highest BCUT2D eigenvalue weighted by Gasteiger charge is 2.38. The zero-order valence-electron chi connectivity index (χ0n) is 16.9. The maximum absolute atomic E-state index is 5.50. The van der Waals surface area contributed by atoms with Crippen molar-refractivity contribution in [3.05, 3.63) is 29.8 Å². The largest absolute Gasteiger partial charge is 0.493 e. The van der Waals surface area contributed by atoms with E-state index in [2.05, 4.69) is 24.3 Å². The van der Waals surface area contributed by atoms with Gasteiger partial charge in [-0.25, -0.2) is 0 Å². The Morgan fingerprint density at radius 1 is 0.852 bits per heavy atom. The predicted molar refractivity (Wildman–Crippen MR) is 105 cm³/mol. The van der Waals surface area contributed by atoms with E-state index in [1.807, 2.05) is 4.90 Å². The second-order valence-corrected chi connectivity index (χ2v) is 8.45. The molecule has 1 aromatic carbocycles. The Labute approximate surface area is 162 Å². The Balaban J connectivity index is 1.32. The van der Waals surface area contributed by atoms with Crippen LogP contribution in [0, 0.1) is 17.8 Å². The SMILES string of the molecule is COc1cc(C[NH+]2CC[NH+](C[C@@H]3C[C@@H]4C=C[C@H]3C4)CC2)cc(OC)c1OC. The van der Waals surface area contributed by atoms with Gasteiger partial charge in [-0.15, -0.1) is 0 Å². The highest BCUT2D eigenvalue weighted by atomic mass is 16.5. The molecule has 5 nitrogen and oxygen atoms in total. The van der Waals surface area contributed by atoms with Crippen LogP contribution in [-0.4, -0.2) is 54.1 Å². The van der Waals surface area contributed by atoms with E-state index in [0.717, 1.165) is 35.8 Å². The summed E-state index contributed by atoms with van der Waals surface area (Å²) in [6, 6.07) is 4.18. The van der Waals surface area contributed by atoms with E-state index in [9.17, 15) is 0 Å². The second-order valence-electron chi connectivity index (χ2n) is 8.45. The van der Waals surface area contributed by atoms with Crippen LogP contribution < -0.4 is 24.0 Å². The summed E-state index contributed by atoms with van der Waals surface area (Å²) in [5.74, 6) is 4.89. The number of ether oxygens (including phenoxy) is 3. The number of fused-ring (bicyclic) bond motifs is 2. The van der Waals surface area contributed by atoms with Crippen molar-refractivity contribution in [2.75, 3.05) is 54.1 Å². The van der Waals surface area contributed by atoms with Gasteiger partial charge in [-0.1, -0.05) is 12.2 Å². The zero-order chi connectivity index (χ0) is 18.8. The standard InChI is InChI=1S/C22H32N2O3/c1-25-20-12-17(13-21(26-2)22(20)27-3)14-23-6-8-24(9-7-23)15-19-11-16-4-5-18(19)10-16/h4-5,12-13,16,18-19H,6-11,14-15H2,1-3H3/p+2/t16-,18+,19+/m1/s1. The summed E-state index contributed by atoms with van der Waals surface area (Å²) in [5.41, 5.74) is 1.25. The number of allylic oxidation sites excluding steroid dienone is 2. The van der Waals surface area contributed by atoms with Gasteiger partial charge in [0.2, 0.25) is 5.75 Å². The molecule has 2 N–H and O–H groups in total. The van der Waals surface area contributed by atoms with Crippen LogP contribution in [0.5, 0.6) is 17.2 Å². The molecular formula is C22H34N2O3+2. The van der Waals surface area contributed by atoms with Crippen LogP contribution in [0.3, 0.4) is 0 Å². The number of quaternary nitrogens is 2. The normalized spacial score (nSPS) is 31.9. The molecule has 2 bridgehead atoms. The Hall–Kier alpha value is -1.72. The Morgan fingerprint density at radius 3 is 2.04 bits per heavy atom. The molecule has 0 spiro atoms. The number of hydrogen-bond acceptors (Lipinski definition) is 3. The first-order chi connectivity index (χ1) is 13.2. The number of piperazine rings is 1. The van der Waals surface area contributed by atoms with Crippen LogP contribution >= 0.6 is 0 Å². The van der Waals surface area contributed by atoms with Gasteiger partial charge in [-0.3, -0.25) is 0 Å². The lowest BCUT2D eigenvalue weighted by atomic mass is 9.93. The third kappa shape index (κ3) is 3.94. The van der Waals surface area contributed by atoms with Gasteiger partial charge in [-0.2, -0.15) is 0 Å². The van der Waals surface area contributed by atoms with Crippen LogP contribution in [0.2, 0.25) is 0 Å². The molecule has 1 aromatic rings. The van der Waals surface area contributed by atoms with Gasteiger partial charge in [0.15, 0.2) is 11.5 Å². The van der Waals surface area contributed by atoms with Gasteiger partial charge in [0, 0.05) is 11.5 Å². The Bertz CT molecular complexity index is 657. The topological polar surface area (TPSA) is 36.6 Å². The molecule has 2 fully saturated rings. The number of benzene rings is 1. The molecule has 27 heavy (non-hydrogen) atoms. The minimum absolute atomic E-state index is 0.674. The van der Waals surface area contributed by atoms with E-state index in [1.54, 1.807) is 26.2 Å². The lowest BCUT2D eigenvalue weighted by Crippen LogP contribution is -3.27. The summed E-state index contributed by atoms with van der Waals surface area (Å²) in [7, 11) is 5.01. The molecule has 1 aliphatic heterocycles. The number of rotatable bonds is 7. The minimum atomic E-state index is 0.674. The number of hydrogen-bond donors (Lipinski definition) is 2. The maximum atomic E-state index is 5.50. The van der Waals surface area contributed by atoms with Crippen molar-refractivity contribution in [1.82, 2.24) is 0 Å². The molecule has 0 radical (unpaired) electrons. The molecule has 0 amide bonds. The van der Waals surface area contributed by atoms with Crippen molar-refractivity contribution >= 4 is 0 Å². The molecule has 0 aromatic heterocycles. The predicted octanol–water partition coefficient (Wildman–Crippen LogP) is 0.208. The summed E-state index contributed by atoms with van der Waals surface area (Å²) in [6.45, 7) is 7.45. The van der Waals surface area contributed by atoms with E-state index in [0.29, 0.717) is 5.75 Å². The Morgan fingerprint density at radius 2 is 1.52 bits per heavy atom. The van der Waals surface area contributed by atoms with E-state index >= 15 is 0 Å². The zero-order valence-corrected chi connectivity index (χ0v) is 16.9. The summed E-state index contributed by atoms with van der Waals surface area (Å²) >= 11 is 0. The van der Waals surface area contributed by atoms with Gasteiger partial charge in [0.1, 0.15) is 32.7 Å². The first-order valence-corrected chi connectivity index (χ1v) is 10.3. The summed E-state index contributed by atoms with van der Waals surface area (Å²) in [6.07, 6.45) is 7.81. The Kier molecular flexibility index (Phi) is 5.60. The van der Waals surface area contributed by atoms with Gasteiger partial charge < -0.3 is 24.0 Å². The molecule has 148 valence electrons. The first-order valence-electron chi connectivity index (χ1n) is 10.3. The molecule has 5 heteroatoms. The summed E-state index contributed by atoms with van der Waals surface area (Å²) in [5, 5.41) is 0. The van der Waals surface area contributed by atoms with Crippen LogP contribution in [0.25, 0.3) is 0 Å². The summed E-state index contributed by atoms with van der Waals surface area (Å²) < 4.78 is 16.4. The smallest absolute Gasteiger partial charge is 0.203 e. The second kappa shape index (κ2) is 8.11. The van der Waals surface area contributed by atoms with Gasteiger partial charge in [0.05, 0.1) is 27.9 Å². The number of methoxy groups -OCH3 is 3. The fourth-order valence-electron chi connectivity index (χ4n) is 5.36. The van der Waals surface area contributed by atoms with Crippen molar-refractivity contribution in [1.29, 1.82) is 0 Å². The minimum Gasteiger partial charge on any atom is -0.493 e. The molecule has 0 unspecified atom stereocenters. The molecular weight excluding hydrogens is 340 g/mol. The lowest BCUT2D eigenvalue weighted by Gasteiger charge is -2.32. The molecule has 1 saturated carbocycles. The molecule has 3 aliphatic rings. The highest BCUT2D eigenvalue weighted by molar-refractivity contribution is 5.53. The average molecular weight is 375 g/mol. The molecule has 4 rings (SSSR count). The van der Waals surface area contributed by atoms with E-state index in [4.69, 9.17) is 14.2 Å². The van der Waals surface area contributed by atoms with Crippen molar-refractivity contribution in [3.63, 3.8) is 0 Å². The first kappa shape index (κ1) is 18.6. The highest BCUT2D eigenvalue weighted by Crippen LogP contribution is 2.42. The van der Waals surface area contributed by atoms with Crippen LogP contribution in [-0.2, 0) is 6.54 Å². The maximum Gasteiger partial charge on any atom is 0.203 e. The fourth-order valence-corrected chi connectivity index (χ4v) is 5.36. The van der Waals surface area contributed by atoms with Crippen molar-refractivity contribution in [3.8, 4) is 17.2 Å². The average Bonchev–Trinajstić information content (AvgIpc) is 3.32. The molecule has 2 aliphatic carbocycles. The monoisotopic (exact) mass is 374 g/mol. The van der Waals surface area contributed by atoms with E-state index in [1.165, 1.54) is 51.1 Å². The molecule has 1 heterocycles. The molecule has 1 saturated heterocycles. The van der Waals surface area contributed by atoms with Crippen molar-refractivity contribution in [2.24, 2.45) is 17.8 Å². The van der Waals surface area contributed by atoms with Gasteiger partial charge in [0.25, 0.3) is 0 Å². The van der Waals surface area contributed by atoms with Gasteiger partial charge >= 0.3 is 0 Å². The number of nitrogens with one attached hydrogen (secondary N) is 2. The van der Waals surface area contributed by atoms with Crippen molar-refractivity contribution < 1.29 is 24.0 Å². The van der Waals surface area contributed by atoms with E-state index in [-0.39, 0.29) is 0 Å². The van der Waals surface area contributed by atoms with E-state index < -0.39 is 0 Å². The van der Waals surface area contributed by atoms with Crippen LogP contribution in [0.1, 0.15) is 18.4 Å². The van der Waals surface area contributed by atoms with Crippen molar-refractivity contribution in [2.45, 2.75) is 19.4 Å². The quantitative estimate of drug-likeness (QED) is 0.670.